The van der Waals surface area contributed by atoms with Crippen molar-refractivity contribution in [3.05, 3.63) is 41.6 Å². The summed E-state index contributed by atoms with van der Waals surface area (Å²) in [5.41, 5.74) is 0.109. The molecule has 1 heterocycles. The molecular weight excluding hydrogens is 230 g/mol. The molecule has 0 amide bonds. The van der Waals surface area contributed by atoms with E-state index in [1.807, 2.05) is 45.8 Å². The second-order valence-corrected chi connectivity index (χ2v) is 5.54. The first-order chi connectivity index (χ1) is 8.30. The van der Waals surface area contributed by atoms with Gasteiger partial charge in [0.05, 0.1) is 11.2 Å². The molecule has 0 atom stereocenters. The summed E-state index contributed by atoms with van der Waals surface area (Å²) in [5, 5.41) is 0. The van der Waals surface area contributed by atoms with Crippen molar-refractivity contribution in [3.63, 3.8) is 0 Å². The average Bonchev–Trinajstić information content (AvgIpc) is 2.45. The lowest BCUT2D eigenvalue weighted by Gasteiger charge is -2.32. The van der Waals surface area contributed by atoms with E-state index in [-0.39, 0.29) is 17.0 Å². The topological polar surface area (TPSA) is 18.5 Å². The van der Waals surface area contributed by atoms with Crippen molar-refractivity contribution in [2.75, 3.05) is 0 Å². The van der Waals surface area contributed by atoms with Crippen LogP contribution < -0.4 is 0 Å². The summed E-state index contributed by atoms with van der Waals surface area (Å²) in [6.07, 6.45) is 1.81. The highest BCUT2D eigenvalue weighted by atomic mass is 19.1. The molecule has 0 radical (unpaired) electrons. The van der Waals surface area contributed by atoms with Crippen molar-refractivity contribution < 1.29 is 13.7 Å². The van der Waals surface area contributed by atoms with Crippen molar-refractivity contribution in [1.29, 1.82) is 0 Å². The number of rotatable bonds is 2. The van der Waals surface area contributed by atoms with Gasteiger partial charge in [-0.05, 0) is 45.4 Å². The van der Waals surface area contributed by atoms with Crippen molar-refractivity contribution >= 4 is 13.2 Å². The lowest BCUT2D eigenvalue weighted by Crippen LogP contribution is -2.41. The van der Waals surface area contributed by atoms with E-state index in [1.165, 1.54) is 12.1 Å². The van der Waals surface area contributed by atoms with E-state index in [2.05, 4.69) is 0 Å². The van der Waals surface area contributed by atoms with Crippen molar-refractivity contribution in [2.24, 2.45) is 0 Å². The van der Waals surface area contributed by atoms with Crippen LogP contribution in [-0.4, -0.2) is 18.3 Å². The molecule has 2 nitrogen and oxygen atoms in total. The quantitative estimate of drug-likeness (QED) is 0.746. The molecule has 1 aromatic rings. The zero-order valence-corrected chi connectivity index (χ0v) is 11.2. The van der Waals surface area contributed by atoms with E-state index in [0.29, 0.717) is 0 Å². The Kier molecular flexibility index (Phi) is 3.34. The monoisotopic (exact) mass is 248 g/mol. The van der Waals surface area contributed by atoms with Gasteiger partial charge in [0.15, 0.2) is 0 Å². The Balaban J connectivity index is 2.08. The van der Waals surface area contributed by atoms with Crippen LogP contribution in [0.3, 0.4) is 0 Å². The molecule has 2 rings (SSSR count). The molecule has 0 unspecified atom stereocenters. The van der Waals surface area contributed by atoms with Crippen LogP contribution in [0.1, 0.15) is 33.3 Å². The smallest absolute Gasteiger partial charge is 0.400 e. The van der Waals surface area contributed by atoms with E-state index in [1.54, 1.807) is 6.07 Å². The van der Waals surface area contributed by atoms with Gasteiger partial charge in [0.25, 0.3) is 0 Å². The highest BCUT2D eigenvalue weighted by Crippen LogP contribution is 2.36. The van der Waals surface area contributed by atoms with E-state index < -0.39 is 7.12 Å². The second-order valence-electron chi connectivity index (χ2n) is 5.54. The maximum Gasteiger partial charge on any atom is 0.487 e. The zero-order valence-electron chi connectivity index (χ0n) is 11.2. The predicted octanol–water partition coefficient (Wildman–Crippen LogP) is 3.47. The minimum atomic E-state index is -0.390. The first-order valence-electron chi connectivity index (χ1n) is 6.10. The molecule has 96 valence electrons. The standard InChI is InChI=1S/C14H18BFO2/c1-13(2)14(3,4)18-15(17-13)9-8-11-6-5-7-12(16)10-11/h5-10H,1-4H3. The second kappa shape index (κ2) is 4.52. The minimum Gasteiger partial charge on any atom is -0.400 e. The highest BCUT2D eigenvalue weighted by Gasteiger charge is 2.49. The van der Waals surface area contributed by atoms with Crippen molar-refractivity contribution in [3.8, 4) is 0 Å². The largest absolute Gasteiger partial charge is 0.487 e. The molecule has 0 aromatic heterocycles. The predicted molar refractivity (Wildman–Crippen MR) is 71.5 cm³/mol. The normalized spacial score (nSPS) is 21.7. The Labute approximate surface area is 108 Å². The highest BCUT2D eigenvalue weighted by molar-refractivity contribution is 6.52. The molecule has 4 heteroatoms. The third kappa shape index (κ3) is 2.65. The van der Waals surface area contributed by atoms with E-state index in [0.717, 1.165) is 5.56 Å². The average molecular weight is 248 g/mol. The van der Waals surface area contributed by atoms with E-state index >= 15 is 0 Å². The number of benzene rings is 1. The van der Waals surface area contributed by atoms with Gasteiger partial charge in [-0.15, -0.1) is 0 Å². The van der Waals surface area contributed by atoms with Crippen LogP contribution in [0.4, 0.5) is 4.39 Å². The molecule has 1 aliphatic rings. The third-order valence-electron chi connectivity index (χ3n) is 3.57. The van der Waals surface area contributed by atoms with Gasteiger partial charge >= 0.3 is 7.12 Å². The van der Waals surface area contributed by atoms with Crippen LogP contribution in [0.15, 0.2) is 30.2 Å². The summed E-state index contributed by atoms with van der Waals surface area (Å²) in [5.74, 6) is 1.57. The number of hydrogen-bond acceptors (Lipinski definition) is 2. The molecule has 1 saturated heterocycles. The number of halogens is 1. The molecule has 0 spiro atoms. The first kappa shape index (κ1) is 13.3. The maximum absolute atomic E-state index is 13.0. The summed E-state index contributed by atoms with van der Waals surface area (Å²) in [7, 11) is -0.390. The molecule has 0 aliphatic carbocycles. The summed E-state index contributed by atoms with van der Waals surface area (Å²) in [6.45, 7) is 8.01. The van der Waals surface area contributed by atoms with Crippen LogP contribution in [0.2, 0.25) is 0 Å². The fourth-order valence-electron chi connectivity index (χ4n) is 1.77. The van der Waals surface area contributed by atoms with Crippen LogP contribution >= 0.6 is 0 Å². The molecule has 0 saturated carbocycles. The van der Waals surface area contributed by atoms with Crippen LogP contribution in [0, 0.1) is 5.82 Å². The Morgan fingerprint density at radius 1 is 1.11 bits per heavy atom. The van der Waals surface area contributed by atoms with E-state index in [9.17, 15) is 4.39 Å². The molecule has 0 N–H and O–H groups in total. The molecule has 1 fully saturated rings. The summed E-state index contributed by atoms with van der Waals surface area (Å²) in [6, 6.07) is 6.41. The molecule has 0 bridgehead atoms. The van der Waals surface area contributed by atoms with Gasteiger partial charge in [-0.1, -0.05) is 24.2 Å². The van der Waals surface area contributed by atoms with Gasteiger partial charge in [-0.3, -0.25) is 0 Å². The molecule has 18 heavy (non-hydrogen) atoms. The SMILES string of the molecule is CC1(C)OB(C=Cc2cccc(F)c2)OC1(C)C. The van der Waals surface area contributed by atoms with Gasteiger partial charge in [-0.25, -0.2) is 4.39 Å². The van der Waals surface area contributed by atoms with Gasteiger partial charge < -0.3 is 9.31 Å². The molecule has 1 aliphatic heterocycles. The maximum atomic E-state index is 13.0. The minimum absolute atomic E-state index is 0.244. The first-order valence-corrected chi connectivity index (χ1v) is 6.10. The Bertz CT molecular complexity index is 453. The van der Waals surface area contributed by atoms with Crippen LogP contribution in [-0.2, 0) is 9.31 Å². The Hall–Kier alpha value is -1.13. The van der Waals surface area contributed by atoms with Crippen molar-refractivity contribution in [2.45, 2.75) is 38.9 Å². The van der Waals surface area contributed by atoms with Crippen LogP contribution in [0.25, 0.3) is 6.08 Å². The summed E-state index contributed by atoms with van der Waals surface area (Å²) < 4.78 is 24.6. The Morgan fingerprint density at radius 3 is 2.28 bits per heavy atom. The summed E-state index contributed by atoms with van der Waals surface area (Å²) >= 11 is 0. The van der Waals surface area contributed by atoms with Gasteiger partial charge in [-0.2, -0.15) is 0 Å². The fraction of sp³-hybridized carbons (Fsp3) is 0.429. The van der Waals surface area contributed by atoms with Gasteiger partial charge in [0, 0.05) is 0 Å². The lowest BCUT2D eigenvalue weighted by atomic mass is 9.89. The van der Waals surface area contributed by atoms with Crippen LogP contribution in [0.5, 0.6) is 0 Å². The number of hydrogen-bond donors (Lipinski definition) is 0. The van der Waals surface area contributed by atoms with Gasteiger partial charge in [0.2, 0.25) is 0 Å². The van der Waals surface area contributed by atoms with Gasteiger partial charge in [0.1, 0.15) is 5.82 Å². The van der Waals surface area contributed by atoms with Crippen molar-refractivity contribution in [1.82, 2.24) is 0 Å². The Morgan fingerprint density at radius 2 is 1.72 bits per heavy atom. The lowest BCUT2D eigenvalue weighted by molar-refractivity contribution is 0.00578. The summed E-state index contributed by atoms with van der Waals surface area (Å²) in [4.78, 5) is 0. The zero-order chi connectivity index (χ0) is 13.4. The molecule has 1 aromatic carbocycles. The molecular formula is C14H18BFO2. The van der Waals surface area contributed by atoms with E-state index in [4.69, 9.17) is 9.31 Å². The third-order valence-corrected chi connectivity index (χ3v) is 3.57. The fourth-order valence-corrected chi connectivity index (χ4v) is 1.77.